The molecule has 0 aliphatic heterocycles. The van der Waals surface area contributed by atoms with Crippen molar-refractivity contribution in [2.75, 3.05) is 6.54 Å². The molecule has 13 heavy (non-hydrogen) atoms. The molecule has 0 aromatic carbocycles. The van der Waals surface area contributed by atoms with Crippen LogP contribution in [0.4, 0.5) is 0 Å². The normalized spacial score (nSPS) is 12.8. The van der Waals surface area contributed by atoms with Gasteiger partial charge in [-0.3, -0.25) is 4.98 Å². The van der Waals surface area contributed by atoms with Crippen molar-refractivity contribution in [3.63, 3.8) is 0 Å². The number of nitrogens with two attached hydrogens (primary N) is 1. The van der Waals surface area contributed by atoms with E-state index in [9.17, 15) is 0 Å². The van der Waals surface area contributed by atoms with Gasteiger partial charge in [0.05, 0.1) is 0 Å². The molecule has 0 saturated carbocycles. The van der Waals surface area contributed by atoms with E-state index < -0.39 is 0 Å². The van der Waals surface area contributed by atoms with E-state index in [1.54, 1.807) is 0 Å². The maximum atomic E-state index is 5.53. The van der Waals surface area contributed by atoms with Gasteiger partial charge in [-0.2, -0.15) is 0 Å². The number of hydrogen-bond acceptors (Lipinski definition) is 2. The summed E-state index contributed by atoms with van der Waals surface area (Å²) in [5.74, 6) is 0.588. The van der Waals surface area contributed by atoms with E-state index in [0.29, 0.717) is 5.92 Å². The lowest BCUT2D eigenvalue weighted by Crippen LogP contribution is -2.11. The first-order valence-corrected chi connectivity index (χ1v) is 5.32. The SMILES string of the molecule is CC(CN)CCc1ccc(Br)cn1. The number of halogens is 1. The average Bonchev–Trinajstić information content (AvgIpc) is 2.16. The molecule has 2 nitrogen and oxygen atoms in total. The standard InChI is InChI=1S/C10H15BrN2/c1-8(6-12)2-4-10-5-3-9(11)7-13-10/h3,5,7-8H,2,4,6,12H2,1H3. The molecule has 72 valence electrons. The molecule has 1 aromatic rings. The Hall–Kier alpha value is -0.410. The first kappa shape index (κ1) is 10.7. The summed E-state index contributed by atoms with van der Waals surface area (Å²) in [6, 6.07) is 4.07. The lowest BCUT2D eigenvalue weighted by Gasteiger charge is -2.06. The monoisotopic (exact) mass is 242 g/mol. The van der Waals surface area contributed by atoms with Crippen LogP contribution in [0.5, 0.6) is 0 Å². The van der Waals surface area contributed by atoms with Gasteiger partial charge in [-0.25, -0.2) is 0 Å². The van der Waals surface area contributed by atoms with Crippen LogP contribution in [0, 0.1) is 5.92 Å². The third kappa shape index (κ3) is 3.87. The van der Waals surface area contributed by atoms with Crippen LogP contribution in [0.3, 0.4) is 0 Å². The summed E-state index contributed by atoms with van der Waals surface area (Å²) < 4.78 is 1.03. The fraction of sp³-hybridized carbons (Fsp3) is 0.500. The number of aromatic nitrogens is 1. The molecule has 0 amide bonds. The van der Waals surface area contributed by atoms with Crippen LogP contribution < -0.4 is 5.73 Å². The van der Waals surface area contributed by atoms with Crippen LogP contribution in [0.15, 0.2) is 22.8 Å². The fourth-order valence-corrected chi connectivity index (χ4v) is 1.30. The number of pyridine rings is 1. The van der Waals surface area contributed by atoms with Crippen molar-refractivity contribution in [1.29, 1.82) is 0 Å². The largest absolute Gasteiger partial charge is 0.330 e. The molecule has 0 aliphatic rings. The van der Waals surface area contributed by atoms with Crippen LogP contribution in [-0.4, -0.2) is 11.5 Å². The molecule has 1 unspecified atom stereocenters. The van der Waals surface area contributed by atoms with E-state index in [1.165, 1.54) is 0 Å². The summed E-state index contributed by atoms with van der Waals surface area (Å²) in [7, 11) is 0. The predicted octanol–water partition coefficient (Wildman–Crippen LogP) is 2.37. The summed E-state index contributed by atoms with van der Waals surface area (Å²) in [6.45, 7) is 2.93. The second kappa shape index (κ2) is 5.35. The highest BCUT2D eigenvalue weighted by atomic mass is 79.9. The molecule has 0 spiro atoms. The van der Waals surface area contributed by atoms with Gasteiger partial charge in [0.1, 0.15) is 0 Å². The lowest BCUT2D eigenvalue weighted by molar-refractivity contribution is 0.541. The maximum absolute atomic E-state index is 5.53. The smallest absolute Gasteiger partial charge is 0.0413 e. The molecule has 2 N–H and O–H groups in total. The van der Waals surface area contributed by atoms with Crippen molar-refractivity contribution < 1.29 is 0 Å². The second-order valence-corrected chi connectivity index (χ2v) is 4.26. The molecule has 1 aromatic heterocycles. The van der Waals surface area contributed by atoms with E-state index in [4.69, 9.17) is 5.73 Å². The Balaban J connectivity index is 2.41. The minimum Gasteiger partial charge on any atom is -0.330 e. The van der Waals surface area contributed by atoms with E-state index >= 15 is 0 Å². The van der Waals surface area contributed by atoms with Crippen molar-refractivity contribution in [1.82, 2.24) is 4.98 Å². The van der Waals surface area contributed by atoms with Crippen LogP contribution in [0.2, 0.25) is 0 Å². The summed E-state index contributed by atoms with van der Waals surface area (Å²) in [6.07, 6.45) is 3.97. The number of rotatable bonds is 4. The average molecular weight is 243 g/mol. The zero-order valence-electron chi connectivity index (χ0n) is 7.83. The van der Waals surface area contributed by atoms with Gasteiger partial charge in [0.2, 0.25) is 0 Å². The minimum atomic E-state index is 0.588. The molecule has 0 saturated heterocycles. The minimum absolute atomic E-state index is 0.588. The molecule has 1 rings (SSSR count). The molecular formula is C10H15BrN2. The molecule has 1 heterocycles. The van der Waals surface area contributed by atoms with Crippen molar-refractivity contribution in [2.45, 2.75) is 19.8 Å². The fourth-order valence-electron chi connectivity index (χ4n) is 1.07. The summed E-state index contributed by atoms with van der Waals surface area (Å²) >= 11 is 3.36. The highest BCUT2D eigenvalue weighted by Gasteiger charge is 2.00. The van der Waals surface area contributed by atoms with Crippen molar-refractivity contribution >= 4 is 15.9 Å². The second-order valence-electron chi connectivity index (χ2n) is 3.35. The zero-order valence-corrected chi connectivity index (χ0v) is 9.42. The van der Waals surface area contributed by atoms with Crippen LogP contribution in [0.1, 0.15) is 19.0 Å². The van der Waals surface area contributed by atoms with Gasteiger partial charge in [0.15, 0.2) is 0 Å². The first-order valence-electron chi connectivity index (χ1n) is 4.53. The Morgan fingerprint density at radius 1 is 1.54 bits per heavy atom. The maximum Gasteiger partial charge on any atom is 0.0413 e. The topological polar surface area (TPSA) is 38.9 Å². The van der Waals surface area contributed by atoms with E-state index in [0.717, 1.165) is 29.6 Å². The molecule has 0 radical (unpaired) electrons. The Bertz CT molecular complexity index is 246. The van der Waals surface area contributed by atoms with E-state index in [2.05, 4.69) is 27.8 Å². The van der Waals surface area contributed by atoms with Crippen molar-refractivity contribution in [3.05, 3.63) is 28.5 Å². The lowest BCUT2D eigenvalue weighted by atomic mass is 10.0. The van der Waals surface area contributed by atoms with Gasteiger partial charge in [-0.05, 0) is 53.4 Å². The first-order chi connectivity index (χ1) is 6.22. The van der Waals surface area contributed by atoms with Gasteiger partial charge >= 0.3 is 0 Å². The predicted molar refractivity (Wildman–Crippen MR) is 58.5 cm³/mol. The van der Waals surface area contributed by atoms with Gasteiger partial charge in [-0.1, -0.05) is 6.92 Å². The third-order valence-corrected chi connectivity index (χ3v) is 2.55. The number of hydrogen-bond donors (Lipinski definition) is 1. The highest BCUT2D eigenvalue weighted by molar-refractivity contribution is 9.10. The Kier molecular flexibility index (Phi) is 4.39. The quantitative estimate of drug-likeness (QED) is 0.881. The van der Waals surface area contributed by atoms with E-state index in [-0.39, 0.29) is 0 Å². The molecule has 0 aliphatic carbocycles. The highest BCUT2D eigenvalue weighted by Crippen LogP contribution is 2.10. The van der Waals surface area contributed by atoms with Gasteiger partial charge < -0.3 is 5.73 Å². The van der Waals surface area contributed by atoms with Gasteiger partial charge in [0.25, 0.3) is 0 Å². The van der Waals surface area contributed by atoms with Crippen molar-refractivity contribution in [3.8, 4) is 0 Å². The number of aryl methyl sites for hydroxylation is 1. The van der Waals surface area contributed by atoms with Crippen LogP contribution in [0.25, 0.3) is 0 Å². The van der Waals surface area contributed by atoms with Gasteiger partial charge in [-0.15, -0.1) is 0 Å². The van der Waals surface area contributed by atoms with Crippen LogP contribution >= 0.6 is 15.9 Å². The van der Waals surface area contributed by atoms with Gasteiger partial charge in [0, 0.05) is 16.4 Å². The van der Waals surface area contributed by atoms with Crippen molar-refractivity contribution in [2.24, 2.45) is 11.7 Å². The number of nitrogens with zero attached hydrogens (tertiary/aromatic N) is 1. The summed E-state index contributed by atoms with van der Waals surface area (Å²) in [4.78, 5) is 4.30. The Labute approximate surface area is 87.7 Å². The third-order valence-electron chi connectivity index (χ3n) is 2.08. The molecule has 0 bridgehead atoms. The molecule has 1 atom stereocenters. The Morgan fingerprint density at radius 3 is 2.85 bits per heavy atom. The summed E-state index contributed by atoms with van der Waals surface area (Å²) in [5, 5.41) is 0. The Morgan fingerprint density at radius 2 is 2.31 bits per heavy atom. The molecular weight excluding hydrogens is 228 g/mol. The molecule has 3 heteroatoms. The summed E-state index contributed by atoms with van der Waals surface area (Å²) in [5.41, 5.74) is 6.67. The van der Waals surface area contributed by atoms with Crippen LogP contribution in [-0.2, 0) is 6.42 Å². The molecule has 0 fully saturated rings. The zero-order chi connectivity index (χ0) is 9.68. The van der Waals surface area contributed by atoms with E-state index in [1.807, 2.05) is 18.3 Å².